The number of hydrogen-bond donors (Lipinski definition) is 0. The summed E-state index contributed by atoms with van der Waals surface area (Å²) in [6, 6.07) is 8.79. The monoisotopic (exact) mass is 383 g/mol. The van der Waals surface area contributed by atoms with Gasteiger partial charge < -0.3 is 19.1 Å². The molecule has 2 aliphatic heterocycles. The Morgan fingerprint density at radius 3 is 2.89 bits per heavy atom. The van der Waals surface area contributed by atoms with Gasteiger partial charge in [0.1, 0.15) is 0 Å². The van der Waals surface area contributed by atoms with Gasteiger partial charge in [-0.3, -0.25) is 4.79 Å². The van der Waals surface area contributed by atoms with Gasteiger partial charge in [-0.2, -0.15) is 0 Å². The van der Waals surface area contributed by atoms with E-state index in [9.17, 15) is 4.79 Å². The van der Waals surface area contributed by atoms with Crippen molar-refractivity contribution < 1.29 is 9.53 Å². The zero-order chi connectivity index (χ0) is 19.5. The van der Waals surface area contributed by atoms with E-state index in [0.29, 0.717) is 18.6 Å². The Balaban J connectivity index is 1.50. The minimum absolute atomic E-state index is 0.142. The molecule has 2 saturated heterocycles. The van der Waals surface area contributed by atoms with Gasteiger partial charge in [0.25, 0.3) is 5.91 Å². The summed E-state index contributed by atoms with van der Waals surface area (Å²) >= 11 is 0. The van der Waals surface area contributed by atoms with Gasteiger partial charge in [-0.05, 0) is 62.9 Å². The van der Waals surface area contributed by atoms with E-state index in [2.05, 4.69) is 27.8 Å². The summed E-state index contributed by atoms with van der Waals surface area (Å²) in [7, 11) is 3.69. The van der Waals surface area contributed by atoms with Crippen molar-refractivity contribution >= 4 is 16.8 Å². The molecule has 5 nitrogen and oxygen atoms in total. The summed E-state index contributed by atoms with van der Waals surface area (Å²) in [5, 5.41) is 1.04. The largest absolute Gasteiger partial charge is 0.383 e. The third-order valence-corrected chi connectivity index (χ3v) is 6.66. The van der Waals surface area contributed by atoms with E-state index >= 15 is 0 Å². The molecule has 2 atom stereocenters. The molecule has 0 N–H and O–H groups in total. The second-order valence-corrected chi connectivity index (χ2v) is 8.43. The molecule has 152 valence electrons. The second kappa shape index (κ2) is 8.66. The Morgan fingerprint density at radius 2 is 2.04 bits per heavy atom. The van der Waals surface area contributed by atoms with Crippen molar-refractivity contribution in [3.05, 3.63) is 36.0 Å². The van der Waals surface area contributed by atoms with Crippen LogP contribution in [0.4, 0.5) is 0 Å². The molecule has 4 rings (SSSR count). The average Bonchev–Trinajstić information content (AvgIpc) is 3.15. The lowest BCUT2D eigenvalue weighted by atomic mass is 9.83. The first-order chi connectivity index (χ1) is 13.7. The summed E-state index contributed by atoms with van der Waals surface area (Å²) in [5.41, 5.74) is 1.92. The molecule has 0 aliphatic carbocycles. The molecule has 1 aromatic heterocycles. The van der Waals surface area contributed by atoms with E-state index in [4.69, 9.17) is 4.74 Å². The summed E-state index contributed by atoms with van der Waals surface area (Å²) in [6.45, 7) is 4.81. The molecule has 0 bridgehead atoms. The standard InChI is InChI=1S/C23H33N3O2/c1-24(17-18-7-6-13-25-12-4-3-9-21(18)25)23(27)20-8-5-10-22-19(20)11-14-26(22)15-16-28-2/h5,8,10-11,14,18,21H,3-4,6-7,9,12-13,15-17H2,1-2H3/t18-,21+/m0/s1. The highest BCUT2D eigenvalue weighted by atomic mass is 16.5. The number of piperidine rings is 2. The number of aromatic nitrogens is 1. The van der Waals surface area contributed by atoms with Crippen LogP contribution in [-0.2, 0) is 11.3 Å². The molecule has 0 saturated carbocycles. The van der Waals surface area contributed by atoms with E-state index in [1.54, 1.807) is 7.11 Å². The van der Waals surface area contributed by atoms with Crippen molar-refractivity contribution in [1.29, 1.82) is 0 Å². The highest BCUT2D eigenvalue weighted by molar-refractivity contribution is 6.06. The zero-order valence-electron chi connectivity index (χ0n) is 17.3. The predicted octanol–water partition coefficient (Wildman–Crippen LogP) is 3.62. The molecule has 0 radical (unpaired) electrons. The highest BCUT2D eigenvalue weighted by Crippen LogP contribution is 2.31. The fourth-order valence-electron chi connectivity index (χ4n) is 5.23. The molecule has 5 heteroatoms. The van der Waals surface area contributed by atoms with Crippen LogP contribution in [0.15, 0.2) is 30.5 Å². The van der Waals surface area contributed by atoms with Gasteiger partial charge in [0.15, 0.2) is 0 Å². The number of fused-ring (bicyclic) bond motifs is 2. The fourth-order valence-corrected chi connectivity index (χ4v) is 5.23. The van der Waals surface area contributed by atoms with Crippen LogP contribution in [0.3, 0.4) is 0 Å². The van der Waals surface area contributed by atoms with Gasteiger partial charge in [-0.15, -0.1) is 0 Å². The number of carbonyl (C=O) groups is 1. The maximum absolute atomic E-state index is 13.3. The Morgan fingerprint density at radius 1 is 1.18 bits per heavy atom. The molecular weight excluding hydrogens is 350 g/mol. The molecule has 1 amide bonds. The van der Waals surface area contributed by atoms with Crippen LogP contribution in [-0.4, -0.2) is 66.7 Å². The van der Waals surface area contributed by atoms with Gasteiger partial charge in [-0.25, -0.2) is 0 Å². The molecule has 2 aromatic rings. The van der Waals surface area contributed by atoms with Crippen LogP contribution >= 0.6 is 0 Å². The van der Waals surface area contributed by atoms with Gasteiger partial charge in [0, 0.05) is 56.0 Å². The minimum Gasteiger partial charge on any atom is -0.383 e. The normalized spacial score (nSPS) is 22.9. The number of methoxy groups -OCH3 is 1. The Bertz CT molecular complexity index is 813. The Hall–Kier alpha value is -1.85. The molecule has 2 fully saturated rings. The zero-order valence-corrected chi connectivity index (χ0v) is 17.3. The van der Waals surface area contributed by atoms with Crippen LogP contribution in [0, 0.1) is 5.92 Å². The van der Waals surface area contributed by atoms with Crippen molar-refractivity contribution in [2.24, 2.45) is 5.92 Å². The minimum atomic E-state index is 0.142. The number of benzene rings is 1. The van der Waals surface area contributed by atoms with E-state index in [0.717, 1.165) is 29.6 Å². The molecule has 1 aromatic carbocycles. The third-order valence-electron chi connectivity index (χ3n) is 6.66. The maximum Gasteiger partial charge on any atom is 0.254 e. The van der Waals surface area contributed by atoms with Gasteiger partial charge in [0.2, 0.25) is 0 Å². The SMILES string of the molecule is COCCn1ccc2c(C(=O)N(C)C[C@@H]3CCCN4CCCC[C@H]34)cccc21. The number of carbonyl (C=O) groups excluding carboxylic acids is 1. The molecule has 3 heterocycles. The average molecular weight is 384 g/mol. The molecule has 28 heavy (non-hydrogen) atoms. The van der Waals surface area contributed by atoms with Crippen molar-refractivity contribution in [3.8, 4) is 0 Å². The lowest BCUT2D eigenvalue weighted by Crippen LogP contribution is -2.51. The van der Waals surface area contributed by atoms with Crippen molar-refractivity contribution in [3.63, 3.8) is 0 Å². The molecular formula is C23H33N3O2. The number of rotatable bonds is 6. The van der Waals surface area contributed by atoms with Gasteiger partial charge in [0.05, 0.1) is 6.61 Å². The summed E-state index contributed by atoms with van der Waals surface area (Å²) < 4.78 is 7.37. The topological polar surface area (TPSA) is 37.7 Å². The summed E-state index contributed by atoms with van der Waals surface area (Å²) in [6.07, 6.45) is 8.54. The molecule has 2 aliphatic rings. The second-order valence-electron chi connectivity index (χ2n) is 8.43. The van der Waals surface area contributed by atoms with E-state index < -0.39 is 0 Å². The summed E-state index contributed by atoms with van der Waals surface area (Å²) in [4.78, 5) is 17.9. The lowest BCUT2D eigenvalue weighted by molar-refractivity contribution is 0.0403. The van der Waals surface area contributed by atoms with Gasteiger partial charge >= 0.3 is 0 Å². The molecule has 0 spiro atoms. The molecule has 0 unspecified atom stereocenters. The van der Waals surface area contributed by atoms with E-state index in [1.165, 1.54) is 45.2 Å². The Kier molecular flexibility index (Phi) is 6.02. The maximum atomic E-state index is 13.3. The smallest absolute Gasteiger partial charge is 0.254 e. The third kappa shape index (κ3) is 3.83. The van der Waals surface area contributed by atoms with Crippen molar-refractivity contribution in [2.75, 3.05) is 40.4 Å². The first-order valence-electron chi connectivity index (χ1n) is 10.8. The summed E-state index contributed by atoms with van der Waals surface area (Å²) in [5.74, 6) is 0.747. The number of hydrogen-bond acceptors (Lipinski definition) is 3. The Labute approximate surface area is 168 Å². The van der Waals surface area contributed by atoms with Gasteiger partial charge in [-0.1, -0.05) is 12.5 Å². The lowest BCUT2D eigenvalue weighted by Gasteiger charge is -2.45. The first-order valence-corrected chi connectivity index (χ1v) is 10.8. The fraction of sp³-hybridized carbons (Fsp3) is 0.609. The van der Waals surface area contributed by atoms with Crippen LogP contribution in [0.25, 0.3) is 10.9 Å². The van der Waals surface area contributed by atoms with E-state index in [-0.39, 0.29) is 5.91 Å². The van der Waals surface area contributed by atoms with Crippen LogP contribution < -0.4 is 0 Å². The predicted molar refractivity (Wildman–Crippen MR) is 113 cm³/mol. The quantitative estimate of drug-likeness (QED) is 0.765. The van der Waals surface area contributed by atoms with Crippen LogP contribution in [0.1, 0.15) is 42.5 Å². The first kappa shape index (κ1) is 19.5. The van der Waals surface area contributed by atoms with Crippen molar-refractivity contribution in [1.82, 2.24) is 14.4 Å². The van der Waals surface area contributed by atoms with E-state index in [1.807, 2.05) is 24.1 Å². The van der Waals surface area contributed by atoms with Crippen molar-refractivity contribution in [2.45, 2.75) is 44.7 Å². The van der Waals surface area contributed by atoms with Crippen LogP contribution in [0.5, 0.6) is 0 Å². The number of nitrogens with zero attached hydrogens (tertiary/aromatic N) is 3. The highest BCUT2D eigenvalue weighted by Gasteiger charge is 2.34. The number of ether oxygens (including phenoxy) is 1. The number of amides is 1. The van der Waals surface area contributed by atoms with Crippen LogP contribution in [0.2, 0.25) is 0 Å².